The van der Waals surface area contributed by atoms with Crippen molar-refractivity contribution in [2.24, 2.45) is 23.7 Å². The quantitative estimate of drug-likeness (QED) is 0.809. The Morgan fingerprint density at radius 3 is 2.19 bits per heavy atom. The Morgan fingerprint density at radius 1 is 1.14 bits per heavy atom. The van der Waals surface area contributed by atoms with Gasteiger partial charge in [0.25, 0.3) is 0 Å². The summed E-state index contributed by atoms with van der Waals surface area (Å²) >= 11 is 0. The van der Waals surface area contributed by atoms with Crippen molar-refractivity contribution in [2.75, 3.05) is 6.54 Å². The van der Waals surface area contributed by atoms with Crippen LogP contribution >= 0.6 is 0 Å². The van der Waals surface area contributed by atoms with Gasteiger partial charge >= 0.3 is 12.1 Å². The summed E-state index contributed by atoms with van der Waals surface area (Å²) in [7, 11) is 0. The second-order valence-electron chi connectivity index (χ2n) is 6.15. The fourth-order valence-corrected chi connectivity index (χ4v) is 3.65. The first-order valence-corrected chi connectivity index (χ1v) is 7.06. The molecule has 2 unspecified atom stereocenters. The number of carboxylic acid groups (broad SMARTS) is 1. The van der Waals surface area contributed by atoms with Gasteiger partial charge in [0.1, 0.15) is 6.54 Å². The van der Waals surface area contributed by atoms with Crippen molar-refractivity contribution in [2.45, 2.75) is 31.5 Å². The van der Waals surface area contributed by atoms with Crippen molar-refractivity contribution in [3.63, 3.8) is 0 Å². The van der Waals surface area contributed by atoms with Gasteiger partial charge in [-0.25, -0.2) is 0 Å². The number of rotatable bonds is 4. The zero-order valence-corrected chi connectivity index (χ0v) is 11.2. The van der Waals surface area contributed by atoms with Crippen molar-refractivity contribution in [3.8, 4) is 0 Å². The molecule has 4 atom stereocenters. The number of aliphatic carboxylic acids is 1. The number of carboxylic acids is 1. The van der Waals surface area contributed by atoms with E-state index in [4.69, 9.17) is 0 Å². The number of amides is 1. The number of allylic oxidation sites excluding steroid dienone is 2. The first kappa shape index (κ1) is 14.4. The van der Waals surface area contributed by atoms with Gasteiger partial charge in [0.2, 0.25) is 5.91 Å². The highest BCUT2D eigenvalue weighted by Gasteiger charge is 2.54. The van der Waals surface area contributed by atoms with Crippen LogP contribution in [0.5, 0.6) is 0 Å². The summed E-state index contributed by atoms with van der Waals surface area (Å²) in [5, 5.41) is 9.30. The average Bonchev–Trinajstić information content (AvgIpc) is 3.01. The van der Waals surface area contributed by atoms with Gasteiger partial charge in [0.15, 0.2) is 0 Å². The highest BCUT2D eigenvalue weighted by Crippen LogP contribution is 2.49. The molecule has 116 valence electrons. The summed E-state index contributed by atoms with van der Waals surface area (Å²) in [6.45, 7) is -1.28. The molecule has 0 saturated heterocycles. The number of carbonyl (C=O) groups excluding carboxylic acids is 1. The van der Waals surface area contributed by atoms with Crippen LogP contribution in [0.2, 0.25) is 0 Å². The molecule has 3 aliphatic carbocycles. The fraction of sp³-hybridized carbons (Fsp3) is 0.714. The lowest BCUT2D eigenvalue weighted by Crippen LogP contribution is -2.47. The SMILES string of the molecule is O=C(O)[C@@H]1C2C=CC(C2)[C@@H]1C(=O)N(CC(F)(F)F)C1CC1. The number of hydrogen-bond donors (Lipinski definition) is 1. The lowest BCUT2D eigenvalue weighted by molar-refractivity contribution is -0.168. The predicted molar refractivity (Wildman–Crippen MR) is 66.1 cm³/mol. The van der Waals surface area contributed by atoms with Crippen LogP contribution in [0.25, 0.3) is 0 Å². The smallest absolute Gasteiger partial charge is 0.406 e. The van der Waals surface area contributed by atoms with E-state index in [0.717, 1.165) is 4.90 Å². The van der Waals surface area contributed by atoms with Gasteiger partial charge in [-0.15, -0.1) is 0 Å². The molecule has 0 aromatic rings. The highest BCUT2D eigenvalue weighted by molar-refractivity contribution is 5.87. The van der Waals surface area contributed by atoms with Gasteiger partial charge in [-0.1, -0.05) is 12.2 Å². The topological polar surface area (TPSA) is 57.6 Å². The lowest BCUT2D eigenvalue weighted by Gasteiger charge is -2.31. The van der Waals surface area contributed by atoms with Gasteiger partial charge in [0.05, 0.1) is 11.8 Å². The maximum atomic E-state index is 12.7. The number of carbonyl (C=O) groups is 2. The largest absolute Gasteiger partial charge is 0.481 e. The fourth-order valence-electron chi connectivity index (χ4n) is 3.65. The molecule has 2 saturated carbocycles. The van der Waals surface area contributed by atoms with Crippen LogP contribution in [0.15, 0.2) is 12.2 Å². The molecule has 1 N–H and O–H groups in total. The minimum Gasteiger partial charge on any atom is -0.481 e. The Labute approximate surface area is 119 Å². The van der Waals surface area contributed by atoms with Gasteiger partial charge in [-0.2, -0.15) is 13.2 Å². The lowest BCUT2D eigenvalue weighted by atomic mass is 9.82. The van der Waals surface area contributed by atoms with Crippen LogP contribution in [-0.2, 0) is 9.59 Å². The number of fused-ring (bicyclic) bond motifs is 2. The minimum absolute atomic E-state index is 0.228. The van der Waals surface area contributed by atoms with Crippen LogP contribution in [0.3, 0.4) is 0 Å². The molecular formula is C14H16F3NO3. The van der Waals surface area contributed by atoms with E-state index in [2.05, 4.69) is 0 Å². The van der Waals surface area contributed by atoms with Crippen LogP contribution in [-0.4, -0.2) is 40.6 Å². The molecule has 0 aliphatic heterocycles. The second kappa shape index (κ2) is 4.74. The Morgan fingerprint density at radius 2 is 1.71 bits per heavy atom. The van der Waals surface area contributed by atoms with Crippen LogP contribution in [0.1, 0.15) is 19.3 Å². The van der Waals surface area contributed by atoms with Gasteiger partial charge in [-0.05, 0) is 31.1 Å². The zero-order valence-electron chi connectivity index (χ0n) is 11.2. The average molecular weight is 303 g/mol. The maximum absolute atomic E-state index is 12.7. The number of nitrogens with zero attached hydrogens (tertiary/aromatic N) is 1. The molecule has 0 spiro atoms. The van der Waals surface area contributed by atoms with Crippen LogP contribution < -0.4 is 0 Å². The summed E-state index contributed by atoms with van der Waals surface area (Å²) in [4.78, 5) is 24.8. The molecule has 7 heteroatoms. The summed E-state index contributed by atoms with van der Waals surface area (Å²) in [5.41, 5.74) is 0. The molecule has 3 rings (SSSR count). The summed E-state index contributed by atoms with van der Waals surface area (Å²) < 4.78 is 38.0. The third kappa shape index (κ3) is 2.65. The van der Waals surface area contributed by atoms with E-state index in [1.807, 2.05) is 0 Å². The molecule has 0 heterocycles. The maximum Gasteiger partial charge on any atom is 0.406 e. The second-order valence-corrected chi connectivity index (χ2v) is 6.15. The van der Waals surface area contributed by atoms with Crippen molar-refractivity contribution < 1.29 is 27.9 Å². The molecule has 2 bridgehead atoms. The van der Waals surface area contributed by atoms with E-state index < -0.39 is 36.4 Å². The van der Waals surface area contributed by atoms with Crippen molar-refractivity contribution in [1.29, 1.82) is 0 Å². The van der Waals surface area contributed by atoms with E-state index in [1.54, 1.807) is 12.2 Å². The summed E-state index contributed by atoms with van der Waals surface area (Å²) in [5.74, 6) is -3.93. The Hall–Kier alpha value is -1.53. The van der Waals surface area contributed by atoms with E-state index in [0.29, 0.717) is 19.3 Å². The third-order valence-corrected chi connectivity index (χ3v) is 4.65. The zero-order chi connectivity index (χ0) is 15.4. The third-order valence-electron chi connectivity index (χ3n) is 4.65. The number of halogens is 3. The monoisotopic (exact) mass is 303 g/mol. The molecule has 0 radical (unpaired) electrons. The molecule has 0 aromatic carbocycles. The van der Waals surface area contributed by atoms with Gasteiger partial charge in [0, 0.05) is 6.04 Å². The van der Waals surface area contributed by atoms with Gasteiger partial charge in [-0.3, -0.25) is 9.59 Å². The van der Waals surface area contributed by atoms with Crippen molar-refractivity contribution >= 4 is 11.9 Å². The Balaban J connectivity index is 1.82. The van der Waals surface area contributed by atoms with Crippen molar-refractivity contribution in [1.82, 2.24) is 4.90 Å². The standard InChI is InChI=1S/C14H16F3NO3/c15-14(16,17)6-18(9-3-4-9)12(19)10-7-1-2-8(5-7)11(10)13(20)21/h1-2,7-11H,3-6H2,(H,20,21)/t7?,8?,10-,11+/m0/s1. The molecular weight excluding hydrogens is 287 g/mol. The summed E-state index contributed by atoms with van der Waals surface area (Å²) in [6.07, 6.45) is 0.790. The molecule has 1 amide bonds. The summed E-state index contributed by atoms with van der Waals surface area (Å²) in [6, 6.07) is -0.378. The van der Waals surface area contributed by atoms with Gasteiger partial charge < -0.3 is 10.0 Å². The van der Waals surface area contributed by atoms with Crippen molar-refractivity contribution in [3.05, 3.63) is 12.2 Å². The molecule has 4 nitrogen and oxygen atoms in total. The first-order chi connectivity index (χ1) is 9.78. The van der Waals surface area contributed by atoms with E-state index >= 15 is 0 Å². The van der Waals surface area contributed by atoms with E-state index in [1.165, 1.54) is 0 Å². The van der Waals surface area contributed by atoms with Crippen LogP contribution in [0.4, 0.5) is 13.2 Å². The highest BCUT2D eigenvalue weighted by atomic mass is 19.4. The first-order valence-electron chi connectivity index (χ1n) is 7.06. The molecule has 21 heavy (non-hydrogen) atoms. The number of alkyl halides is 3. The normalized spacial score (nSPS) is 34.2. The molecule has 0 aromatic heterocycles. The Bertz CT molecular complexity index is 498. The van der Waals surface area contributed by atoms with E-state index in [-0.39, 0.29) is 17.9 Å². The molecule has 3 aliphatic rings. The predicted octanol–water partition coefficient (Wildman–Crippen LogP) is 2.06. The Kier molecular flexibility index (Phi) is 3.26. The molecule has 2 fully saturated rings. The minimum atomic E-state index is -4.45. The van der Waals surface area contributed by atoms with E-state index in [9.17, 15) is 27.9 Å². The number of hydrogen-bond acceptors (Lipinski definition) is 2. The van der Waals surface area contributed by atoms with Crippen LogP contribution in [0, 0.1) is 23.7 Å².